The highest BCUT2D eigenvalue weighted by molar-refractivity contribution is 8.00. The minimum absolute atomic E-state index is 0. The van der Waals surface area contributed by atoms with Crippen molar-refractivity contribution in [2.24, 2.45) is 5.73 Å². The van der Waals surface area contributed by atoms with Crippen molar-refractivity contribution in [1.82, 2.24) is 16.0 Å². The number of thioether (sulfide) groups is 1. The van der Waals surface area contributed by atoms with Crippen molar-refractivity contribution in [3.05, 3.63) is 0 Å². The van der Waals surface area contributed by atoms with Crippen LogP contribution in [-0.4, -0.2) is 87.8 Å². The van der Waals surface area contributed by atoms with Crippen molar-refractivity contribution in [3.8, 4) is 0 Å². The molecule has 0 saturated carbocycles. The molecule has 0 radical (unpaired) electrons. The SMILES string of the molecule is C.C.NCCOCCOCCOCCNC(=O)CCCCC1SCC2NC(=O)NC21. The lowest BCUT2D eigenvalue weighted by Gasteiger charge is -2.16. The molecule has 2 saturated heterocycles. The maximum atomic E-state index is 11.8. The maximum Gasteiger partial charge on any atom is 0.315 e. The molecule has 2 fully saturated rings. The van der Waals surface area contributed by atoms with Crippen molar-refractivity contribution < 1.29 is 23.8 Å². The lowest BCUT2D eigenvalue weighted by molar-refractivity contribution is -0.121. The average molecular weight is 451 g/mol. The number of nitrogens with two attached hydrogens (primary N) is 1. The molecule has 3 unspecified atom stereocenters. The molecule has 0 aromatic heterocycles. The summed E-state index contributed by atoms with van der Waals surface area (Å²) in [4.78, 5) is 23.2. The van der Waals surface area contributed by atoms with Crippen LogP contribution in [0.4, 0.5) is 4.79 Å². The molecule has 10 heteroatoms. The Morgan fingerprint density at radius 2 is 1.70 bits per heavy atom. The van der Waals surface area contributed by atoms with Crippen LogP contribution in [0.3, 0.4) is 0 Å². The molecular weight excluding hydrogens is 408 g/mol. The van der Waals surface area contributed by atoms with Crippen LogP contribution in [0.15, 0.2) is 0 Å². The maximum absolute atomic E-state index is 11.8. The molecule has 0 bridgehead atoms. The van der Waals surface area contributed by atoms with Crippen molar-refractivity contribution >= 4 is 23.7 Å². The molecule has 0 aromatic rings. The van der Waals surface area contributed by atoms with E-state index >= 15 is 0 Å². The van der Waals surface area contributed by atoms with Gasteiger partial charge in [0, 0.05) is 30.5 Å². The topological polar surface area (TPSA) is 124 Å². The van der Waals surface area contributed by atoms with Crippen LogP contribution in [-0.2, 0) is 19.0 Å². The number of hydrogen-bond acceptors (Lipinski definition) is 7. The van der Waals surface area contributed by atoms with E-state index in [4.69, 9.17) is 19.9 Å². The largest absolute Gasteiger partial charge is 0.378 e. The van der Waals surface area contributed by atoms with Gasteiger partial charge in [0.2, 0.25) is 5.91 Å². The van der Waals surface area contributed by atoms with Gasteiger partial charge in [0.05, 0.1) is 51.7 Å². The molecule has 9 nitrogen and oxygen atoms in total. The third-order valence-corrected chi connectivity index (χ3v) is 6.16. The van der Waals surface area contributed by atoms with Gasteiger partial charge >= 0.3 is 6.03 Å². The molecular formula is C20H42N4O5S. The fraction of sp³-hybridized carbons (Fsp3) is 0.900. The smallest absolute Gasteiger partial charge is 0.315 e. The second-order valence-corrected chi connectivity index (χ2v) is 8.12. The highest BCUT2D eigenvalue weighted by Crippen LogP contribution is 2.33. The van der Waals surface area contributed by atoms with Crippen LogP contribution in [0.2, 0.25) is 0 Å². The molecule has 30 heavy (non-hydrogen) atoms. The predicted octanol–water partition coefficient (Wildman–Crippen LogP) is 1.11. The molecule has 5 N–H and O–H groups in total. The van der Waals surface area contributed by atoms with Crippen LogP contribution >= 0.6 is 11.8 Å². The molecule has 3 amide bonds. The van der Waals surface area contributed by atoms with E-state index in [0.29, 0.717) is 64.4 Å². The zero-order valence-electron chi connectivity index (χ0n) is 16.5. The molecule has 0 spiro atoms. The van der Waals surface area contributed by atoms with Crippen molar-refractivity contribution in [2.45, 2.75) is 57.9 Å². The normalized spacial score (nSPS) is 21.8. The van der Waals surface area contributed by atoms with Gasteiger partial charge in [0.1, 0.15) is 0 Å². The summed E-state index contributed by atoms with van der Waals surface area (Å²) >= 11 is 1.91. The Morgan fingerprint density at radius 1 is 1.03 bits per heavy atom. The van der Waals surface area contributed by atoms with Gasteiger partial charge in [0.15, 0.2) is 0 Å². The van der Waals surface area contributed by atoms with Crippen LogP contribution in [0.5, 0.6) is 0 Å². The summed E-state index contributed by atoms with van der Waals surface area (Å²) in [6, 6.07) is 0.455. The lowest BCUT2D eigenvalue weighted by Crippen LogP contribution is -2.36. The van der Waals surface area contributed by atoms with Crippen molar-refractivity contribution in [1.29, 1.82) is 0 Å². The summed E-state index contributed by atoms with van der Waals surface area (Å²) in [5.74, 6) is 1.03. The Kier molecular flexibility index (Phi) is 17.0. The molecule has 2 aliphatic heterocycles. The quantitative estimate of drug-likeness (QED) is 0.205. The van der Waals surface area contributed by atoms with Crippen LogP contribution in [0.1, 0.15) is 40.5 Å². The first-order valence-corrected chi connectivity index (χ1v) is 11.1. The number of carbonyl (C=O) groups is 2. The third-order valence-electron chi connectivity index (χ3n) is 4.66. The standard InChI is InChI=1S/C18H34N4O5S.2CH4/c19-5-7-25-9-11-27-12-10-26-8-6-20-16(23)4-2-1-3-15-17-14(13-28-15)21-18(24)22-17;;/h14-15,17H,1-13,19H2,(H,20,23)(H2,21,22,24);2*1H4. The van der Waals surface area contributed by atoms with Crippen molar-refractivity contribution in [3.63, 3.8) is 0 Å². The highest BCUT2D eigenvalue weighted by Gasteiger charge is 2.42. The van der Waals surface area contributed by atoms with Gasteiger partial charge in [-0.2, -0.15) is 11.8 Å². The number of amides is 3. The van der Waals surface area contributed by atoms with E-state index in [1.54, 1.807) is 0 Å². The Morgan fingerprint density at radius 3 is 2.40 bits per heavy atom. The number of fused-ring (bicyclic) bond motifs is 1. The lowest BCUT2D eigenvalue weighted by atomic mass is 10.0. The summed E-state index contributed by atoms with van der Waals surface area (Å²) in [5.41, 5.74) is 5.31. The third kappa shape index (κ3) is 11.4. The zero-order valence-corrected chi connectivity index (χ0v) is 17.3. The molecule has 2 heterocycles. The summed E-state index contributed by atoms with van der Waals surface area (Å²) < 4.78 is 15.9. The van der Waals surface area contributed by atoms with E-state index in [1.807, 2.05) is 11.8 Å². The molecule has 0 aliphatic carbocycles. The van der Waals surface area contributed by atoms with Crippen molar-refractivity contribution in [2.75, 3.05) is 58.5 Å². The average Bonchev–Trinajstić information content (AvgIpc) is 3.22. The van der Waals surface area contributed by atoms with Gasteiger partial charge in [-0.05, 0) is 12.8 Å². The number of ether oxygens (including phenoxy) is 3. The fourth-order valence-electron chi connectivity index (χ4n) is 3.25. The molecule has 178 valence electrons. The van der Waals surface area contributed by atoms with E-state index in [-0.39, 0.29) is 38.9 Å². The number of urea groups is 1. The summed E-state index contributed by atoms with van der Waals surface area (Å²) in [7, 11) is 0. The number of unbranched alkanes of at least 4 members (excludes halogenated alkanes) is 1. The monoisotopic (exact) mass is 450 g/mol. The second kappa shape index (κ2) is 17.6. The van der Waals surface area contributed by atoms with Crippen LogP contribution < -0.4 is 21.7 Å². The van der Waals surface area contributed by atoms with Gasteiger partial charge in [-0.15, -0.1) is 0 Å². The predicted molar refractivity (Wildman–Crippen MR) is 122 cm³/mol. The number of carbonyl (C=O) groups excluding carboxylic acids is 2. The first-order chi connectivity index (χ1) is 13.7. The highest BCUT2D eigenvalue weighted by atomic mass is 32.2. The second-order valence-electron chi connectivity index (χ2n) is 6.84. The first kappa shape index (κ1) is 28.9. The molecule has 3 atom stereocenters. The summed E-state index contributed by atoms with van der Waals surface area (Å²) in [5, 5.41) is 9.26. The first-order valence-electron chi connectivity index (χ1n) is 10.1. The number of rotatable bonds is 16. The molecule has 2 aliphatic rings. The van der Waals surface area contributed by atoms with E-state index in [1.165, 1.54) is 0 Å². The van der Waals surface area contributed by atoms with Gasteiger partial charge in [-0.3, -0.25) is 4.79 Å². The minimum atomic E-state index is -0.0509. The van der Waals surface area contributed by atoms with Gasteiger partial charge in [0.25, 0.3) is 0 Å². The van der Waals surface area contributed by atoms with E-state index in [0.717, 1.165) is 25.0 Å². The molecule has 0 aromatic carbocycles. The number of nitrogens with one attached hydrogen (secondary N) is 3. The van der Waals surface area contributed by atoms with Gasteiger partial charge < -0.3 is 35.9 Å². The zero-order chi connectivity index (χ0) is 20.0. The van der Waals surface area contributed by atoms with Crippen LogP contribution in [0, 0.1) is 0 Å². The molecule has 2 rings (SSSR count). The Hall–Kier alpha value is -1.07. The summed E-state index contributed by atoms with van der Waals surface area (Å²) in [6.07, 6.45) is 3.42. The van der Waals surface area contributed by atoms with Gasteiger partial charge in [-0.25, -0.2) is 4.79 Å². The summed E-state index contributed by atoms with van der Waals surface area (Å²) in [6.45, 7) is 4.15. The Bertz CT molecular complexity index is 472. The Balaban J connectivity index is 0.00000420. The van der Waals surface area contributed by atoms with E-state index in [9.17, 15) is 9.59 Å². The van der Waals surface area contributed by atoms with Gasteiger partial charge in [-0.1, -0.05) is 21.3 Å². The van der Waals surface area contributed by atoms with E-state index in [2.05, 4.69) is 16.0 Å². The number of hydrogen-bond donors (Lipinski definition) is 4. The fourth-order valence-corrected chi connectivity index (χ4v) is 4.79. The Labute approximate surface area is 185 Å². The van der Waals surface area contributed by atoms with Crippen LogP contribution in [0.25, 0.3) is 0 Å². The van der Waals surface area contributed by atoms with E-state index < -0.39 is 0 Å². The minimum Gasteiger partial charge on any atom is -0.378 e.